The molecule has 0 bridgehead atoms. The summed E-state index contributed by atoms with van der Waals surface area (Å²) >= 11 is 1.51. The van der Waals surface area contributed by atoms with Crippen LogP contribution >= 0.6 is 11.3 Å². The van der Waals surface area contributed by atoms with Crippen LogP contribution in [-0.4, -0.2) is 52.8 Å². The van der Waals surface area contributed by atoms with Crippen LogP contribution in [0.25, 0.3) is 0 Å². The van der Waals surface area contributed by atoms with E-state index >= 15 is 0 Å². The lowest BCUT2D eigenvalue weighted by Crippen LogP contribution is -2.42. The number of nitrogens with one attached hydrogen (secondary N) is 1. The zero-order chi connectivity index (χ0) is 21.8. The van der Waals surface area contributed by atoms with Gasteiger partial charge in [-0.2, -0.15) is 0 Å². The number of hydrogen-bond acceptors (Lipinski definition) is 8. The van der Waals surface area contributed by atoms with E-state index in [-0.39, 0.29) is 12.0 Å². The van der Waals surface area contributed by atoms with Crippen LogP contribution in [0, 0.1) is 6.92 Å². The van der Waals surface area contributed by atoms with Gasteiger partial charge in [0.05, 0.1) is 31.5 Å². The Balaban J connectivity index is 1.50. The lowest BCUT2D eigenvalue weighted by Gasteiger charge is -2.33. The van der Waals surface area contributed by atoms with Gasteiger partial charge in [0.2, 0.25) is 5.13 Å². The molecule has 1 amide bonds. The number of aryl methyl sites for hydroxylation is 2. The van der Waals surface area contributed by atoms with Crippen molar-refractivity contribution >= 4 is 28.2 Å². The topological polar surface area (TPSA) is 89.5 Å². The molecule has 3 aromatic rings. The molecule has 2 aromatic heterocycles. The Kier molecular flexibility index (Phi) is 6.43. The number of hydrogen-bond donors (Lipinski definition) is 1. The Morgan fingerprint density at radius 2 is 2.13 bits per heavy atom. The van der Waals surface area contributed by atoms with E-state index in [4.69, 9.17) is 9.47 Å². The third-order valence-corrected chi connectivity index (χ3v) is 6.09. The fourth-order valence-corrected chi connectivity index (χ4v) is 4.22. The van der Waals surface area contributed by atoms with Gasteiger partial charge in [-0.1, -0.05) is 36.5 Å². The number of carbonyl (C=O) groups excluding carboxylic acids is 1. The molecule has 9 heteroatoms. The summed E-state index contributed by atoms with van der Waals surface area (Å²) in [7, 11) is 1.59. The van der Waals surface area contributed by atoms with Crippen LogP contribution in [0.15, 0.2) is 36.4 Å². The maximum Gasteiger partial charge on any atom is 0.257 e. The maximum atomic E-state index is 13.2. The molecule has 1 fully saturated rings. The number of amides is 1. The minimum absolute atomic E-state index is 0.0657. The summed E-state index contributed by atoms with van der Waals surface area (Å²) in [5.41, 5.74) is 2.26. The van der Waals surface area contributed by atoms with Crippen LogP contribution in [0.4, 0.5) is 10.9 Å². The number of ether oxygens (including phenoxy) is 2. The highest BCUT2D eigenvalue weighted by Crippen LogP contribution is 2.28. The summed E-state index contributed by atoms with van der Waals surface area (Å²) in [5, 5.41) is 13.1. The number of benzene rings is 1. The van der Waals surface area contributed by atoms with E-state index in [0.717, 1.165) is 22.7 Å². The van der Waals surface area contributed by atoms with E-state index in [2.05, 4.69) is 20.5 Å². The van der Waals surface area contributed by atoms with Crippen molar-refractivity contribution in [2.75, 3.05) is 32.1 Å². The van der Waals surface area contributed by atoms with Gasteiger partial charge >= 0.3 is 0 Å². The molecule has 8 nitrogen and oxygen atoms in total. The van der Waals surface area contributed by atoms with Gasteiger partial charge in [-0.3, -0.25) is 4.79 Å². The Hall–Kier alpha value is -3.04. The number of carbonyl (C=O) groups is 1. The monoisotopic (exact) mass is 439 g/mol. The molecule has 0 saturated carbocycles. The standard InChI is InChI=1S/C22H25N5O3S/c1-4-19-25-26-22(31-19)24-18-10-6-9-16(23-18)17-13-27(11-12-30-17)21(28)15-8-5-7-14(2)20(15)29-3/h5-10,17H,4,11-13H2,1-3H3,(H,23,24,26)/t17-/m0/s1. The van der Waals surface area contributed by atoms with E-state index < -0.39 is 0 Å². The number of anilines is 2. The highest BCUT2D eigenvalue weighted by atomic mass is 32.1. The lowest BCUT2D eigenvalue weighted by atomic mass is 10.1. The first-order valence-electron chi connectivity index (χ1n) is 10.2. The molecule has 0 radical (unpaired) electrons. The van der Waals surface area contributed by atoms with Crippen molar-refractivity contribution in [1.82, 2.24) is 20.1 Å². The average molecular weight is 440 g/mol. The van der Waals surface area contributed by atoms with E-state index in [0.29, 0.717) is 42.0 Å². The van der Waals surface area contributed by atoms with Crippen LogP contribution in [0.1, 0.15) is 39.7 Å². The molecule has 1 atom stereocenters. The van der Waals surface area contributed by atoms with Gasteiger partial charge in [0.1, 0.15) is 22.7 Å². The summed E-state index contributed by atoms with van der Waals surface area (Å²) in [6.07, 6.45) is 0.536. The van der Waals surface area contributed by atoms with Crippen molar-refractivity contribution in [1.29, 1.82) is 0 Å². The van der Waals surface area contributed by atoms with Crippen molar-refractivity contribution in [2.45, 2.75) is 26.4 Å². The molecule has 1 N–H and O–H groups in total. The highest BCUT2D eigenvalue weighted by Gasteiger charge is 2.29. The van der Waals surface area contributed by atoms with E-state index in [1.165, 1.54) is 11.3 Å². The summed E-state index contributed by atoms with van der Waals surface area (Å²) in [6.45, 7) is 5.37. The Morgan fingerprint density at radius 3 is 2.90 bits per heavy atom. The van der Waals surface area contributed by atoms with Gasteiger partial charge < -0.3 is 19.7 Å². The summed E-state index contributed by atoms with van der Waals surface area (Å²) in [6, 6.07) is 11.3. The fourth-order valence-electron chi connectivity index (χ4n) is 3.53. The average Bonchev–Trinajstić information content (AvgIpc) is 3.26. The van der Waals surface area contributed by atoms with Crippen molar-refractivity contribution in [3.8, 4) is 5.75 Å². The van der Waals surface area contributed by atoms with Crippen LogP contribution in [0.5, 0.6) is 5.75 Å². The van der Waals surface area contributed by atoms with Gasteiger partial charge in [0.15, 0.2) is 0 Å². The zero-order valence-electron chi connectivity index (χ0n) is 17.8. The number of aromatic nitrogens is 3. The number of rotatable bonds is 6. The number of pyridine rings is 1. The molecule has 3 heterocycles. The molecule has 0 spiro atoms. The second-order valence-electron chi connectivity index (χ2n) is 7.19. The van der Waals surface area contributed by atoms with E-state index in [1.807, 2.05) is 44.2 Å². The van der Waals surface area contributed by atoms with Crippen LogP contribution in [-0.2, 0) is 11.2 Å². The predicted molar refractivity (Wildman–Crippen MR) is 119 cm³/mol. The Labute approximate surface area is 185 Å². The Bertz CT molecular complexity index is 1070. The zero-order valence-corrected chi connectivity index (χ0v) is 18.6. The summed E-state index contributed by atoms with van der Waals surface area (Å²) < 4.78 is 11.4. The van der Waals surface area contributed by atoms with Gasteiger partial charge in [-0.05, 0) is 37.1 Å². The molecule has 0 unspecified atom stereocenters. The quantitative estimate of drug-likeness (QED) is 0.625. The first-order chi connectivity index (χ1) is 15.1. The molecule has 162 valence electrons. The van der Waals surface area contributed by atoms with E-state index in [1.54, 1.807) is 18.1 Å². The third kappa shape index (κ3) is 4.67. The van der Waals surface area contributed by atoms with Crippen molar-refractivity contribution < 1.29 is 14.3 Å². The number of para-hydroxylation sites is 1. The van der Waals surface area contributed by atoms with Crippen molar-refractivity contribution in [2.24, 2.45) is 0 Å². The molecule has 4 rings (SSSR count). The van der Waals surface area contributed by atoms with Crippen LogP contribution in [0.3, 0.4) is 0 Å². The molecule has 1 aliphatic heterocycles. The summed E-state index contributed by atoms with van der Waals surface area (Å²) in [5.74, 6) is 1.22. The van der Waals surface area contributed by atoms with Crippen LogP contribution < -0.4 is 10.1 Å². The molecule has 31 heavy (non-hydrogen) atoms. The third-order valence-electron chi connectivity index (χ3n) is 5.10. The first kappa shape index (κ1) is 21.2. The minimum Gasteiger partial charge on any atom is -0.496 e. The predicted octanol–water partition coefficient (Wildman–Crippen LogP) is 3.77. The smallest absolute Gasteiger partial charge is 0.257 e. The molecular formula is C22H25N5O3S. The van der Waals surface area contributed by atoms with Gasteiger partial charge in [0, 0.05) is 6.54 Å². The maximum absolute atomic E-state index is 13.2. The molecule has 1 aromatic carbocycles. The SMILES string of the molecule is CCc1nnc(Nc2cccc([C@@H]3CN(C(=O)c4cccc(C)c4OC)CCO3)n2)s1. The fraction of sp³-hybridized carbons (Fsp3) is 0.364. The Morgan fingerprint density at radius 1 is 1.29 bits per heavy atom. The largest absolute Gasteiger partial charge is 0.496 e. The molecule has 0 aliphatic carbocycles. The minimum atomic E-state index is -0.309. The molecule has 1 saturated heterocycles. The second-order valence-corrected chi connectivity index (χ2v) is 8.26. The number of nitrogens with zero attached hydrogens (tertiary/aromatic N) is 4. The molecule has 1 aliphatic rings. The lowest BCUT2D eigenvalue weighted by molar-refractivity contribution is -0.0247. The van der Waals surface area contributed by atoms with E-state index in [9.17, 15) is 4.79 Å². The normalized spacial score (nSPS) is 16.2. The van der Waals surface area contributed by atoms with Gasteiger partial charge in [-0.25, -0.2) is 4.98 Å². The van der Waals surface area contributed by atoms with Gasteiger partial charge in [0.25, 0.3) is 5.91 Å². The summed E-state index contributed by atoms with van der Waals surface area (Å²) in [4.78, 5) is 19.7. The highest BCUT2D eigenvalue weighted by molar-refractivity contribution is 7.15. The van der Waals surface area contributed by atoms with Crippen molar-refractivity contribution in [3.05, 3.63) is 58.2 Å². The van der Waals surface area contributed by atoms with Crippen molar-refractivity contribution in [3.63, 3.8) is 0 Å². The number of methoxy groups -OCH3 is 1. The number of morpholine rings is 1. The van der Waals surface area contributed by atoms with Crippen LogP contribution in [0.2, 0.25) is 0 Å². The first-order valence-corrected chi connectivity index (χ1v) is 11.0. The van der Waals surface area contributed by atoms with Gasteiger partial charge in [-0.15, -0.1) is 10.2 Å². The second kappa shape index (κ2) is 9.40. The molecular weight excluding hydrogens is 414 g/mol.